The quantitative estimate of drug-likeness (QED) is 0.434. The van der Waals surface area contributed by atoms with Crippen molar-refractivity contribution in [2.24, 2.45) is 14.1 Å². The molecule has 4 N–H and O–H groups in total. The zero-order chi connectivity index (χ0) is 21.3. The predicted molar refractivity (Wildman–Crippen MR) is 107 cm³/mol. The van der Waals surface area contributed by atoms with Crippen LogP contribution in [0, 0.1) is 0 Å². The van der Waals surface area contributed by atoms with E-state index in [1.165, 1.54) is 29.8 Å². The van der Waals surface area contributed by atoms with Crippen molar-refractivity contribution < 1.29 is 15.3 Å². The molecule has 2 aromatic heterocycles. The largest absolute Gasteiger partial charge is 0.508 e. The lowest BCUT2D eigenvalue weighted by Crippen LogP contribution is -2.37. The van der Waals surface area contributed by atoms with Gasteiger partial charge in [0, 0.05) is 39.3 Å². The van der Waals surface area contributed by atoms with E-state index in [1.54, 1.807) is 17.9 Å². The van der Waals surface area contributed by atoms with E-state index in [-0.39, 0.29) is 29.6 Å². The van der Waals surface area contributed by atoms with Gasteiger partial charge in [-0.2, -0.15) is 0 Å². The van der Waals surface area contributed by atoms with Crippen molar-refractivity contribution in [1.29, 1.82) is 0 Å². The van der Waals surface area contributed by atoms with E-state index in [0.29, 0.717) is 29.7 Å². The molecule has 2 unspecified atom stereocenters. The molecule has 0 saturated carbocycles. The number of phenolic OH excluding ortho intramolecular Hbond substituents is 2. The Morgan fingerprint density at radius 3 is 2.41 bits per heavy atom. The summed E-state index contributed by atoms with van der Waals surface area (Å²) in [6.07, 6.45) is 1.30. The van der Waals surface area contributed by atoms with Crippen LogP contribution in [0.1, 0.15) is 25.0 Å². The third-order valence-corrected chi connectivity index (χ3v) is 4.99. The second-order valence-corrected chi connectivity index (χ2v) is 7.21. The van der Waals surface area contributed by atoms with E-state index in [2.05, 4.69) is 10.3 Å². The number of aromatic nitrogens is 4. The highest BCUT2D eigenvalue weighted by atomic mass is 16.3. The second-order valence-electron chi connectivity index (χ2n) is 7.21. The number of aromatic hydroxyl groups is 2. The van der Waals surface area contributed by atoms with Crippen LogP contribution in [-0.4, -0.2) is 46.6 Å². The van der Waals surface area contributed by atoms with Crippen molar-refractivity contribution in [3.8, 4) is 11.5 Å². The first-order valence-electron chi connectivity index (χ1n) is 9.24. The number of nitrogens with zero attached hydrogens (tertiary/aromatic N) is 4. The molecule has 0 fully saturated rings. The predicted octanol–water partition coefficient (Wildman–Crippen LogP) is -0.0533. The number of benzene rings is 1. The van der Waals surface area contributed by atoms with Crippen molar-refractivity contribution >= 4 is 11.2 Å². The number of aliphatic hydroxyl groups is 1. The van der Waals surface area contributed by atoms with Crippen LogP contribution in [-0.2, 0) is 20.6 Å². The van der Waals surface area contributed by atoms with Crippen molar-refractivity contribution in [2.45, 2.75) is 32.0 Å². The number of fused-ring (bicyclic) bond motifs is 1. The number of aliphatic hydroxyl groups excluding tert-OH is 1. The van der Waals surface area contributed by atoms with Gasteiger partial charge in [0.1, 0.15) is 11.5 Å². The fourth-order valence-electron chi connectivity index (χ4n) is 3.24. The summed E-state index contributed by atoms with van der Waals surface area (Å²) in [5.41, 5.74) is 0.317. The molecule has 0 amide bonds. The Labute approximate surface area is 166 Å². The lowest BCUT2D eigenvalue weighted by molar-refractivity contribution is 0.169. The van der Waals surface area contributed by atoms with E-state index < -0.39 is 11.8 Å². The first kappa shape index (κ1) is 20.6. The average Bonchev–Trinajstić information content (AvgIpc) is 3.10. The Hall–Kier alpha value is -3.11. The number of imidazole rings is 1. The molecule has 0 saturated heterocycles. The minimum absolute atomic E-state index is 0.00406. The topological polar surface area (TPSA) is 135 Å². The Bertz CT molecular complexity index is 1130. The van der Waals surface area contributed by atoms with Gasteiger partial charge in [0.25, 0.3) is 5.56 Å². The van der Waals surface area contributed by atoms with Gasteiger partial charge in [-0.1, -0.05) is 0 Å². The van der Waals surface area contributed by atoms with E-state index in [1.807, 2.05) is 6.92 Å². The van der Waals surface area contributed by atoms with Crippen molar-refractivity contribution in [2.75, 3.05) is 6.54 Å². The Kier molecular flexibility index (Phi) is 5.76. The molecule has 0 bridgehead atoms. The van der Waals surface area contributed by atoms with Crippen LogP contribution >= 0.6 is 0 Å². The third kappa shape index (κ3) is 4.17. The molecule has 10 heteroatoms. The molecule has 10 nitrogen and oxygen atoms in total. The van der Waals surface area contributed by atoms with Crippen molar-refractivity contribution in [3.05, 3.63) is 50.9 Å². The number of rotatable bonds is 7. The van der Waals surface area contributed by atoms with Crippen LogP contribution in [0.4, 0.5) is 0 Å². The lowest BCUT2D eigenvalue weighted by atomic mass is 10.1. The molecule has 0 radical (unpaired) electrons. The first-order valence-corrected chi connectivity index (χ1v) is 9.24. The molecular weight excluding hydrogens is 378 g/mol. The van der Waals surface area contributed by atoms with Gasteiger partial charge in [-0.25, -0.2) is 9.78 Å². The summed E-state index contributed by atoms with van der Waals surface area (Å²) >= 11 is 0. The highest BCUT2D eigenvalue weighted by molar-refractivity contribution is 5.69. The van der Waals surface area contributed by atoms with Crippen LogP contribution in [0.5, 0.6) is 11.5 Å². The summed E-state index contributed by atoms with van der Waals surface area (Å²) in [6.45, 7) is 2.67. The number of nitrogens with one attached hydrogen (secondary N) is 1. The van der Waals surface area contributed by atoms with Gasteiger partial charge in [0.05, 0.1) is 12.4 Å². The SMILES string of the molecule is CC(CCn1cnc2c1c(=O)n(C)c(=O)n2C)NCC(O)c1cc(O)cc(O)c1. The molecule has 3 rings (SSSR count). The highest BCUT2D eigenvalue weighted by Crippen LogP contribution is 2.24. The van der Waals surface area contributed by atoms with Gasteiger partial charge in [-0.3, -0.25) is 13.9 Å². The van der Waals surface area contributed by atoms with E-state index in [9.17, 15) is 24.9 Å². The minimum Gasteiger partial charge on any atom is -0.508 e. The smallest absolute Gasteiger partial charge is 0.332 e. The molecule has 0 aliphatic carbocycles. The summed E-state index contributed by atoms with van der Waals surface area (Å²) in [7, 11) is 3.01. The van der Waals surface area contributed by atoms with Gasteiger partial charge in [0.15, 0.2) is 11.2 Å². The summed E-state index contributed by atoms with van der Waals surface area (Å²) < 4.78 is 4.12. The van der Waals surface area contributed by atoms with Crippen molar-refractivity contribution in [3.63, 3.8) is 0 Å². The first-order chi connectivity index (χ1) is 13.7. The number of hydrogen-bond donors (Lipinski definition) is 4. The van der Waals surface area contributed by atoms with Gasteiger partial charge in [-0.05, 0) is 31.0 Å². The summed E-state index contributed by atoms with van der Waals surface area (Å²) in [6, 6.07) is 3.99. The minimum atomic E-state index is -0.897. The zero-order valence-corrected chi connectivity index (χ0v) is 16.5. The van der Waals surface area contributed by atoms with E-state index in [4.69, 9.17) is 0 Å². The molecule has 1 aromatic carbocycles. The van der Waals surface area contributed by atoms with Gasteiger partial charge >= 0.3 is 5.69 Å². The van der Waals surface area contributed by atoms with Crippen LogP contribution in [0.3, 0.4) is 0 Å². The number of hydrogen-bond acceptors (Lipinski definition) is 7. The molecule has 156 valence electrons. The van der Waals surface area contributed by atoms with Crippen LogP contribution in [0.2, 0.25) is 0 Å². The van der Waals surface area contributed by atoms with Crippen LogP contribution in [0.25, 0.3) is 11.2 Å². The summed E-state index contributed by atoms with van der Waals surface area (Å²) in [4.78, 5) is 28.6. The van der Waals surface area contributed by atoms with Crippen molar-refractivity contribution in [1.82, 2.24) is 24.0 Å². The maximum Gasteiger partial charge on any atom is 0.332 e. The van der Waals surface area contributed by atoms with E-state index >= 15 is 0 Å². The highest BCUT2D eigenvalue weighted by Gasteiger charge is 2.15. The number of aryl methyl sites for hydroxylation is 2. The normalized spacial score (nSPS) is 13.7. The number of phenols is 2. The molecule has 3 aromatic rings. The third-order valence-electron chi connectivity index (χ3n) is 4.99. The fraction of sp³-hybridized carbons (Fsp3) is 0.421. The molecular formula is C19H25N5O5. The van der Waals surface area contributed by atoms with Gasteiger partial charge in [-0.15, -0.1) is 0 Å². The van der Waals surface area contributed by atoms with E-state index in [0.717, 1.165) is 4.57 Å². The van der Waals surface area contributed by atoms with Crippen LogP contribution < -0.4 is 16.6 Å². The molecule has 2 heterocycles. The monoisotopic (exact) mass is 403 g/mol. The molecule has 29 heavy (non-hydrogen) atoms. The standard InChI is InChI=1S/C19H25N5O5/c1-11(20-9-15(27)12-6-13(25)8-14(26)7-12)4-5-24-10-21-17-16(24)18(28)23(3)19(29)22(17)2/h6-8,10-11,15,20,25-27H,4-5,9H2,1-3H3. The summed E-state index contributed by atoms with van der Waals surface area (Å²) in [5, 5.41) is 32.5. The maximum absolute atomic E-state index is 12.5. The molecule has 0 aliphatic rings. The molecule has 0 spiro atoms. The summed E-state index contributed by atoms with van der Waals surface area (Å²) in [5.74, 6) is -0.231. The Balaban J connectivity index is 1.65. The molecule has 2 atom stereocenters. The Morgan fingerprint density at radius 2 is 1.76 bits per heavy atom. The van der Waals surface area contributed by atoms with Gasteiger partial charge in [0.2, 0.25) is 0 Å². The lowest BCUT2D eigenvalue weighted by Gasteiger charge is -2.18. The zero-order valence-electron chi connectivity index (χ0n) is 16.5. The average molecular weight is 403 g/mol. The molecule has 0 aliphatic heterocycles. The van der Waals surface area contributed by atoms with Crippen LogP contribution in [0.15, 0.2) is 34.1 Å². The van der Waals surface area contributed by atoms with Gasteiger partial charge < -0.3 is 25.2 Å². The second kappa shape index (κ2) is 8.10. The Morgan fingerprint density at radius 1 is 1.10 bits per heavy atom. The fourth-order valence-corrected chi connectivity index (χ4v) is 3.24. The maximum atomic E-state index is 12.5.